The third kappa shape index (κ3) is 4.38. The molecule has 3 aliphatic heterocycles. The fraction of sp³-hybridized carbons (Fsp3) is 0.357. The molecule has 1 unspecified atom stereocenters. The minimum Gasteiger partial charge on any atom is -0.440 e. The third-order valence-electron chi connectivity index (χ3n) is 7.36. The molecule has 5 nitrogen and oxygen atoms in total. The molecule has 2 aromatic carbocycles. The number of benzene rings is 2. The highest BCUT2D eigenvalue weighted by atomic mass is 16.6. The average molecular weight is 442 g/mol. The van der Waals surface area contributed by atoms with Crippen LogP contribution in [0.25, 0.3) is 10.9 Å². The van der Waals surface area contributed by atoms with Gasteiger partial charge in [0.2, 0.25) is 0 Å². The van der Waals surface area contributed by atoms with Crippen LogP contribution in [0.3, 0.4) is 0 Å². The maximum atomic E-state index is 13.1. The molecule has 0 aliphatic carbocycles. The van der Waals surface area contributed by atoms with E-state index in [0.717, 1.165) is 41.5 Å². The minimum atomic E-state index is -0.389. The molecule has 33 heavy (non-hydrogen) atoms. The predicted molar refractivity (Wildman–Crippen MR) is 131 cm³/mol. The van der Waals surface area contributed by atoms with Crippen LogP contribution in [0, 0.1) is 11.8 Å². The van der Waals surface area contributed by atoms with E-state index in [4.69, 9.17) is 4.74 Å². The number of ether oxygens (including phenoxy) is 1. The predicted octanol–water partition coefficient (Wildman–Crippen LogP) is 5.66. The molecule has 5 heteroatoms. The maximum Gasteiger partial charge on any atom is 0.408 e. The molecule has 170 valence electrons. The SMILES string of the molecule is C=C[C@H]1CN2CC[C@@H]1C[C@@H]2[C@@H](OC(=O)N[C@H](C)c1ccccc1)c1ccnc2ccccc12. The first-order valence-corrected chi connectivity index (χ1v) is 11.9. The number of carbonyl (C=O) groups excluding carboxylic acids is 1. The van der Waals surface area contributed by atoms with Gasteiger partial charge in [-0.1, -0.05) is 54.6 Å². The normalized spacial score (nSPS) is 25.8. The van der Waals surface area contributed by atoms with Crippen LogP contribution in [0.4, 0.5) is 4.79 Å². The summed E-state index contributed by atoms with van der Waals surface area (Å²) in [4.78, 5) is 20.1. The molecule has 3 aromatic rings. The number of nitrogens with zero attached hydrogens (tertiary/aromatic N) is 2. The summed E-state index contributed by atoms with van der Waals surface area (Å²) >= 11 is 0. The van der Waals surface area contributed by atoms with Crippen LogP contribution in [0.1, 0.15) is 43.0 Å². The number of fused-ring (bicyclic) bond motifs is 4. The molecule has 3 saturated heterocycles. The van der Waals surface area contributed by atoms with Crippen molar-refractivity contribution in [2.24, 2.45) is 11.8 Å². The highest BCUT2D eigenvalue weighted by Crippen LogP contribution is 2.43. The first kappa shape index (κ1) is 21.7. The first-order valence-electron chi connectivity index (χ1n) is 11.9. The van der Waals surface area contributed by atoms with Crippen molar-refractivity contribution in [3.05, 3.63) is 90.6 Å². The van der Waals surface area contributed by atoms with Gasteiger partial charge in [0, 0.05) is 23.7 Å². The molecular weight excluding hydrogens is 410 g/mol. The molecule has 1 amide bonds. The van der Waals surface area contributed by atoms with E-state index < -0.39 is 0 Å². The fourth-order valence-corrected chi connectivity index (χ4v) is 5.56. The highest BCUT2D eigenvalue weighted by molar-refractivity contribution is 5.82. The smallest absolute Gasteiger partial charge is 0.408 e. The number of hydrogen-bond acceptors (Lipinski definition) is 4. The van der Waals surface area contributed by atoms with Gasteiger partial charge in [-0.25, -0.2) is 4.79 Å². The summed E-state index contributed by atoms with van der Waals surface area (Å²) in [5.41, 5.74) is 2.99. The Hall–Kier alpha value is -3.18. The molecular formula is C28H31N3O2. The summed E-state index contributed by atoms with van der Waals surface area (Å²) in [6.45, 7) is 8.04. The quantitative estimate of drug-likeness (QED) is 0.502. The Morgan fingerprint density at radius 2 is 1.97 bits per heavy atom. The van der Waals surface area contributed by atoms with Gasteiger partial charge in [0.1, 0.15) is 6.10 Å². The monoisotopic (exact) mass is 441 g/mol. The minimum absolute atomic E-state index is 0.137. The van der Waals surface area contributed by atoms with Gasteiger partial charge in [0.25, 0.3) is 0 Å². The summed E-state index contributed by atoms with van der Waals surface area (Å²) in [5.74, 6) is 1.10. The van der Waals surface area contributed by atoms with Gasteiger partial charge in [-0.2, -0.15) is 0 Å². The Morgan fingerprint density at radius 1 is 1.18 bits per heavy atom. The van der Waals surface area contributed by atoms with Crippen molar-refractivity contribution in [1.29, 1.82) is 0 Å². The number of aromatic nitrogens is 1. The van der Waals surface area contributed by atoms with Crippen LogP contribution < -0.4 is 5.32 Å². The number of nitrogens with one attached hydrogen (secondary N) is 1. The summed E-state index contributed by atoms with van der Waals surface area (Å²) in [7, 11) is 0. The lowest BCUT2D eigenvalue weighted by Gasteiger charge is -2.51. The van der Waals surface area contributed by atoms with Gasteiger partial charge in [0.15, 0.2) is 0 Å². The van der Waals surface area contributed by atoms with Crippen LogP contribution in [0.5, 0.6) is 0 Å². The van der Waals surface area contributed by atoms with Gasteiger partial charge in [-0.15, -0.1) is 6.58 Å². The standard InChI is InChI=1S/C28H31N3O2/c1-3-20-18-31-16-14-22(20)17-26(31)27(24-13-15-29-25-12-8-7-11-23(24)25)33-28(32)30-19(2)21-9-5-4-6-10-21/h3-13,15,19-20,22,26-27H,1,14,16-18H2,2H3,(H,30,32)/t19-,20+,22-,26-,27+/m1/s1. The van der Waals surface area contributed by atoms with Gasteiger partial charge in [-0.05, 0) is 55.8 Å². The number of pyridine rings is 1. The first-order chi connectivity index (χ1) is 16.1. The Morgan fingerprint density at radius 3 is 2.73 bits per heavy atom. The number of hydrogen-bond donors (Lipinski definition) is 1. The van der Waals surface area contributed by atoms with Crippen molar-refractivity contribution in [3.63, 3.8) is 0 Å². The second kappa shape index (κ2) is 9.36. The fourth-order valence-electron chi connectivity index (χ4n) is 5.56. The summed E-state index contributed by atoms with van der Waals surface area (Å²) in [6.07, 6.45) is 5.34. The maximum absolute atomic E-state index is 13.1. The lowest BCUT2D eigenvalue weighted by Crippen LogP contribution is -2.55. The number of carbonyl (C=O) groups is 1. The lowest BCUT2D eigenvalue weighted by atomic mass is 9.73. The molecule has 6 rings (SSSR count). The molecule has 4 heterocycles. The highest BCUT2D eigenvalue weighted by Gasteiger charge is 2.44. The van der Waals surface area contributed by atoms with Crippen LogP contribution in [0.2, 0.25) is 0 Å². The zero-order valence-electron chi connectivity index (χ0n) is 19.1. The molecule has 1 aromatic heterocycles. The molecule has 6 atom stereocenters. The van der Waals surface area contributed by atoms with Crippen molar-refractivity contribution in [2.45, 2.75) is 38.0 Å². The van der Waals surface area contributed by atoms with E-state index in [0.29, 0.717) is 11.8 Å². The number of alkyl carbamates (subject to hydrolysis) is 1. The number of amides is 1. The van der Waals surface area contributed by atoms with Gasteiger partial charge in [-0.3, -0.25) is 9.88 Å². The lowest BCUT2D eigenvalue weighted by molar-refractivity contribution is -0.0501. The Kier molecular flexibility index (Phi) is 6.14. The van der Waals surface area contributed by atoms with Crippen LogP contribution in [-0.4, -0.2) is 35.1 Å². The van der Waals surface area contributed by atoms with Gasteiger partial charge < -0.3 is 10.1 Å². The molecule has 0 spiro atoms. The number of para-hydroxylation sites is 1. The van der Waals surface area contributed by atoms with Crippen molar-refractivity contribution in [3.8, 4) is 0 Å². The topological polar surface area (TPSA) is 54.5 Å². The Labute approximate surface area is 195 Å². The second-order valence-corrected chi connectivity index (χ2v) is 9.27. The third-order valence-corrected chi connectivity index (χ3v) is 7.36. The molecule has 1 N–H and O–H groups in total. The summed E-state index contributed by atoms with van der Waals surface area (Å²) < 4.78 is 6.25. The van der Waals surface area contributed by atoms with Gasteiger partial charge >= 0.3 is 6.09 Å². The van der Waals surface area contributed by atoms with Crippen molar-refractivity contribution in [1.82, 2.24) is 15.2 Å². The van der Waals surface area contributed by atoms with Crippen molar-refractivity contribution < 1.29 is 9.53 Å². The zero-order chi connectivity index (χ0) is 22.8. The molecule has 3 fully saturated rings. The largest absolute Gasteiger partial charge is 0.440 e. The van der Waals surface area contributed by atoms with Gasteiger partial charge in [0.05, 0.1) is 17.6 Å². The molecule has 3 aliphatic rings. The van der Waals surface area contributed by atoms with E-state index in [2.05, 4.69) is 33.9 Å². The number of piperidine rings is 3. The Bertz CT molecular complexity index is 1130. The number of rotatable bonds is 6. The van der Waals surface area contributed by atoms with E-state index in [-0.39, 0.29) is 24.3 Å². The van der Waals surface area contributed by atoms with Crippen molar-refractivity contribution >= 4 is 17.0 Å². The molecule has 0 radical (unpaired) electrons. The second-order valence-electron chi connectivity index (χ2n) is 9.27. The van der Waals surface area contributed by atoms with E-state index >= 15 is 0 Å². The van der Waals surface area contributed by atoms with E-state index in [1.54, 1.807) is 0 Å². The van der Waals surface area contributed by atoms with E-state index in [9.17, 15) is 4.79 Å². The van der Waals surface area contributed by atoms with E-state index in [1.807, 2.05) is 67.7 Å². The average Bonchev–Trinajstić information content (AvgIpc) is 2.87. The summed E-state index contributed by atoms with van der Waals surface area (Å²) in [5, 5.41) is 4.07. The van der Waals surface area contributed by atoms with Crippen LogP contribution in [-0.2, 0) is 4.74 Å². The van der Waals surface area contributed by atoms with Crippen LogP contribution >= 0.6 is 0 Å². The van der Waals surface area contributed by atoms with E-state index in [1.165, 1.54) is 6.42 Å². The molecule has 0 saturated carbocycles. The molecule has 2 bridgehead atoms. The summed E-state index contributed by atoms with van der Waals surface area (Å²) in [6, 6.07) is 20.1. The van der Waals surface area contributed by atoms with Crippen molar-refractivity contribution in [2.75, 3.05) is 13.1 Å². The zero-order valence-corrected chi connectivity index (χ0v) is 19.1. The van der Waals surface area contributed by atoms with Crippen LogP contribution in [0.15, 0.2) is 79.5 Å². The Balaban J connectivity index is 1.44.